The largest absolute Gasteiger partial charge is 0.574 e. The van der Waals surface area contributed by atoms with Gasteiger partial charge in [-0.05, 0) is 6.92 Å². The second-order valence-electron chi connectivity index (χ2n) is 2.84. The van der Waals surface area contributed by atoms with Gasteiger partial charge in [-0.25, -0.2) is 13.8 Å². The summed E-state index contributed by atoms with van der Waals surface area (Å²) in [6.45, 7) is 1.04. The molecule has 8 heteroatoms. The van der Waals surface area contributed by atoms with Gasteiger partial charge in [0.05, 0.1) is 0 Å². The zero-order valence-electron chi connectivity index (χ0n) is 7.85. The maximum atomic E-state index is 12.3. The number of hydrogen-bond donors (Lipinski definition) is 1. The lowest BCUT2D eigenvalue weighted by Gasteiger charge is -2.12. The fourth-order valence-electron chi connectivity index (χ4n) is 0.988. The topological polar surface area (TPSA) is 42.4 Å². The quantitative estimate of drug-likeness (QED) is 0.812. The van der Waals surface area contributed by atoms with E-state index in [2.05, 4.69) is 9.72 Å². The molecule has 0 aliphatic rings. The second kappa shape index (κ2) is 4.11. The molecule has 1 N–H and O–H groups in total. The molecule has 0 amide bonds. The van der Waals surface area contributed by atoms with Crippen LogP contribution in [0.2, 0.25) is 0 Å². The Hall–Kier alpha value is -1.60. The third-order valence-electron chi connectivity index (χ3n) is 1.76. The molecule has 0 aliphatic heterocycles. The molecule has 1 aromatic heterocycles. The number of rotatable bonds is 2. The summed E-state index contributed by atoms with van der Waals surface area (Å²) in [4.78, 5) is 2.97. The number of pyridine rings is 1. The molecular formula is C8H6F5NO2. The predicted molar refractivity (Wildman–Crippen MR) is 42.3 cm³/mol. The van der Waals surface area contributed by atoms with Crippen molar-refractivity contribution < 1.29 is 31.8 Å². The van der Waals surface area contributed by atoms with E-state index in [9.17, 15) is 22.0 Å². The number of nitrogens with zero attached hydrogens (tertiary/aromatic N) is 1. The van der Waals surface area contributed by atoms with E-state index in [0.717, 1.165) is 6.92 Å². The highest BCUT2D eigenvalue weighted by atomic mass is 19.4. The standard InChI is InChI=1S/C8H6F5NO2/c1-3-4(6(9)10)2-14-7(5(3)15)16-8(11,12)13/h2,6,15H,1H3. The Balaban J connectivity index is 3.12. The highest BCUT2D eigenvalue weighted by Crippen LogP contribution is 2.36. The summed E-state index contributed by atoms with van der Waals surface area (Å²) < 4.78 is 63.2. The SMILES string of the molecule is Cc1c(C(F)F)cnc(OC(F)(F)F)c1O. The lowest BCUT2D eigenvalue weighted by Crippen LogP contribution is -2.18. The average molecular weight is 243 g/mol. The molecule has 0 saturated heterocycles. The summed E-state index contributed by atoms with van der Waals surface area (Å²) in [6, 6.07) is 0. The molecule has 1 rings (SSSR count). The van der Waals surface area contributed by atoms with E-state index < -0.39 is 35.5 Å². The molecular weight excluding hydrogens is 237 g/mol. The summed E-state index contributed by atoms with van der Waals surface area (Å²) in [6.07, 6.45) is -7.44. The summed E-state index contributed by atoms with van der Waals surface area (Å²) in [5.41, 5.74) is -1.05. The van der Waals surface area contributed by atoms with Gasteiger partial charge in [0.1, 0.15) is 0 Å². The van der Waals surface area contributed by atoms with Crippen molar-refractivity contribution in [3.8, 4) is 11.6 Å². The summed E-state index contributed by atoms with van der Waals surface area (Å²) in [5.74, 6) is -2.19. The molecule has 1 aromatic rings. The van der Waals surface area contributed by atoms with Gasteiger partial charge in [-0.15, -0.1) is 13.2 Å². The summed E-state index contributed by atoms with van der Waals surface area (Å²) in [7, 11) is 0. The average Bonchev–Trinajstić information content (AvgIpc) is 2.10. The molecule has 0 bridgehead atoms. The van der Waals surface area contributed by atoms with Crippen molar-refractivity contribution in [2.75, 3.05) is 0 Å². The normalized spacial score (nSPS) is 11.9. The number of aromatic nitrogens is 1. The van der Waals surface area contributed by atoms with Gasteiger partial charge in [0.2, 0.25) is 0 Å². The Kier molecular flexibility index (Phi) is 3.20. The van der Waals surface area contributed by atoms with Gasteiger partial charge in [-0.2, -0.15) is 0 Å². The maximum absolute atomic E-state index is 12.3. The van der Waals surface area contributed by atoms with E-state index in [-0.39, 0.29) is 0 Å². The fourth-order valence-corrected chi connectivity index (χ4v) is 0.988. The van der Waals surface area contributed by atoms with Crippen LogP contribution in [-0.4, -0.2) is 16.5 Å². The minimum atomic E-state index is -5.04. The van der Waals surface area contributed by atoms with Crippen molar-refractivity contribution in [3.05, 3.63) is 17.3 Å². The first kappa shape index (κ1) is 12.5. The van der Waals surface area contributed by atoms with E-state index >= 15 is 0 Å². The number of alkyl halides is 5. The highest BCUT2D eigenvalue weighted by Gasteiger charge is 2.34. The predicted octanol–water partition coefficient (Wildman–Crippen LogP) is 2.93. The third-order valence-corrected chi connectivity index (χ3v) is 1.76. The van der Waals surface area contributed by atoms with Crippen LogP contribution >= 0.6 is 0 Å². The second-order valence-corrected chi connectivity index (χ2v) is 2.84. The molecule has 0 aliphatic carbocycles. The highest BCUT2D eigenvalue weighted by molar-refractivity contribution is 5.44. The van der Waals surface area contributed by atoms with Crippen LogP contribution in [0.3, 0.4) is 0 Å². The molecule has 90 valence electrons. The van der Waals surface area contributed by atoms with Crippen LogP contribution in [0.5, 0.6) is 11.6 Å². The van der Waals surface area contributed by atoms with Crippen molar-refractivity contribution in [2.45, 2.75) is 19.7 Å². The van der Waals surface area contributed by atoms with Gasteiger partial charge in [0.15, 0.2) is 5.75 Å². The summed E-state index contributed by atoms with van der Waals surface area (Å²) in [5, 5.41) is 9.17. The number of hydrogen-bond acceptors (Lipinski definition) is 3. The van der Waals surface area contributed by atoms with Crippen LogP contribution in [0, 0.1) is 6.92 Å². The van der Waals surface area contributed by atoms with Crippen molar-refractivity contribution in [2.24, 2.45) is 0 Å². The smallest absolute Gasteiger partial charge is 0.503 e. The zero-order valence-corrected chi connectivity index (χ0v) is 7.85. The van der Waals surface area contributed by atoms with Crippen LogP contribution in [-0.2, 0) is 0 Å². The van der Waals surface area contributed by atoms with Crippen LogP contribution in [0.15, 0.2) is 6.20 Å². The first-order chi connectivity index (χ1) is 7.22. The van der Waals surface area contributed by atoms with Gasteiger partial charge < -0.3 is 9.84 Å². The van der Waals surface area contributed by atoms with E-state index in [1.807, 2.05) is 0 Å². The minimum absolute atomic E-state index is 0.399. The van der Waals surface area contributed by atoms with E-state index in [1.165, 1.54) is 0 Å². The zero-order chi connectivity index (χ0) is 12.5. The molecule has 0 radical (unpaired) electrons. The molecule has 0 unspecified atom stereocenters. The molecule has 0 spiro atoms. The molecule has 3 nitrogen and oxygen atoms in total. The monoisotopic (exact) mass is 243 g/mol. The number of halogens is 5. The van der Waals surface area contributed by atoms with Crippen molar-refractivity contribution in [3.63, 3.8) is 0 Å². The lowest BCUT2D eigenvalue weighted by atomic mass is 10.1. The minimum Gasteiger partial charge on any atom is -0.503 e. The van der Waals surface area contributed by atoms with E-state index in [0.29, 0.717) is 6.20 Å². The van der Waals surface area contributed by atoms with Crippen LogP contribution in [0.4, 0.5) is 22.0 Å². The van der Waals surface area contributed by atoms with Crippen molar-refractivity contribution in [1.82, 2.24) is 4.98 Å². The Morgan fingerprint density at radius 3 is 2.38 bits per heavy atom. The lowest BCUT2D eigenvalue weighted by molar-refractivity contribution is -0.276. The van der Waals surface area contributed by atoms with Crippen LogP contribution < -0.4 is 4.74 Å². The molecule has 0 aromatic carbocycles. The van der Waals surface area contributed by atoms with Gasteiger partial charge in [0.25, 0.3) is 12.3 Å². The van der Waals surface area contributed by atoms with Gasteiger partial charge in [-0.1, -0.05) is 0 Å². The van der Waals surface area contributed by atoms with E-state index in [1.54, 1.807) is 0 Å². The van der Waals surface area contributed by atoms with Crippen molar-refractivity contribution >= 4 is 0 Å². The Labute approximate surface area is 86.5 Å². The third kappa shape index (κ3) is 2.71. The van der Waals surface area contributed by atoms with Gasteiger partial charge in [0, 0.05) is 17.3 Å². The van der Waals surface area contributed by atoms with Gasteiger partial charge >= 0.3 is 6.36 Å². The number of ether oxygens (including phenoxy) is 1. The molecule has 16 heavy (non-hydrogen) atoms. The maximum Gasteiger partial charge on any atom is 0.574 e. The van der Waals surface area contributed by atoms with Crippen molar-refractivity contribution in [1.29, 1.82) is 0 Å². The Morgan fingerprint density at radius 2 is 1.94 bits per heavy atom. The first-order valence-corrected chi connectivity index (χ1v) is 3.94. The van der Waals surface area contributed by atoms with E-state index in [4.69, 9.17) is 5.11 Å². The van der Waals surface area contributed by atoms with Crippen LogP contribution in [0.1, 0.15) is 17.6 Å². The molecule has 0 fully saturated rings. The fraction of sp³-hybridized carbons (Fsp3) is 0.375. The Morgan fingerprint density at radius 1 is 1.38 bits per heavy atom. The van der Waals surface area contributed by atoms with Gasteiger partial charge in [-0.3, -0.25) is 0 Å². The summed E-state index contributed by atoms with van der Waals surface area (Å²) >= 11 is 0. The first-order valence-electron chi connectivity index (χ1n) is 3.94. The Bertz CT molecular complexity index is 391. The molecule has 0 atom stereocenters. The molecule has 1 heterocycles. The van der Waals surface area contributed by atoms with Crippen LogP contribution in [0.25, 0.3) is 0 Å². The number of aromatic hydroxyl groups is 1. The molecule has 0 saturated carbocycles.